The number of nitrogens with zero attached hydrogens (tertiary/aromatic N) is 1. The third-order valence-corrected chi connectivity index (χ3v) is 9.90. The standard InChI is InChI=1S/C22H20ClF4NO8P2S/c23-20-3-1-2-4-21(20)39(33,34)28(13-16-5-7-18(8-6-16)15-37(29,35-26)36-27)14-17-9-11-19(12-10-17)22(24,25)38(30,31)32/h1-12H,13-15H2,(H2,30,31,32). The molecular formula is C22H20ClF4NO8P2S. The SMILES string of the molecule is O=P(Cc1ccc(CN(Cc2ccc(C(F)(F)P(=O)(O)O)cc2)S(=O)(=O)c2ccccc2Cl)cc1)(OF)OF. The summed E-state index contributed by atoms with van der Waals surface area (Å²) in [5.74, 6) is 0. The predicted molar refractivity (Wildman–Crippen MR) is 132 cm³/mol. The van der Waals surface area contributed by atoms with Gasteiger partial charge in [0.2, 0.25) is 10.0 Å². The van der Waals surface area contributed by atoms with Crippen LogP contribution in [-0.4, -0.2) is 22.5 Å². The first kappa shape index (κ1) is 31.4. The lowest BCUT2D eigenvalue weighted by molar-refractivity contribution is -0.0881. The Labute approximate surface area is 225 Å². The zero-order chi connectivity index (χ0) is 29.1. The van der Waals surface area contributed by atoms with Crippen LogP contribution in [0.15, 0.2) is 77.7 Å². The molecule has 9 nitrogen and oxygen atoms in total. The van der Waals surface area contributed by atoms with Gasteiger partial charge in [-0.05, 0) is 37.9 Å². The van der Waals surface area contributed by atoms with Crippen molar-refractivity contribution in [1.29, 1.82) is 0 Å². The van der Waals surface area contributed by atoms with Gasteiger partial charge in [-0.3, -0.25) is 9.13 Å². The van der Waals surface area contributed by atoms with Gasteiger partial charge >= 0.3 is 20.9 Å². The molecule has 0 saturated heterocycles. The van der Waals surface area contributed by atoms with Crippen LogP contribution in [0.5, 0.6) is 0 Å². The summed E-state index contributed by atoms with van der Waals surface area (Å²) in [6, 6.07) is 14.8. The third kappa shape index (κ3) is 7.35. The minimum Gasteiger partial charge on any atom is -0.320 e. The van der Waals surface area contributed by atoms with Crippen molar-refractivity contribution in [2.24, 2.45) is 0 Å². The number of benzene rings is 3. The van der Waals surface area contributed by atoms with Crippen LogP contribution in [0.3, 0.4) is 0 Å². The predicted octanol–water partition coefficient (Wildman–Crippen LogP) is 6.45. The lowest BCUT2D eigenvalue weighted by Crippen LogP contribution is -2.30. The van der Waals surface area contributed by atoms with Gasteiger partial charge in [-0.1, -0.05) is 72.3 Å². The topological polar surface area (TPSA) is 130 Å². The summed E-state index contributed by atoms with van der Waals surface area (Å²) in [6.07, 6.45) is -0.743. The molecule has 0 aromatic heterocycles. The molecule has 0 amide bonds. The molecule has 0 saturated carbocycles. The van der Waals surface area contributed by atoms with Crippen molar-refractivity contribution in [3.63, 3.8) is 0 Å². The number of alkyl halides is 2. The molecule has 3 aromatic carbocycles. The minimum absolute atomic E-state index is 0.0809. The molecule has 0 bridgehead atoms. The highest BCUT2D eigenvalue weighted by atomic mass is 35.5. The number of sulfonamides is 1. The van der Waals surface area contributed by atoms with Crippen LogP contribution in [0, 0.1) is 0 Å². The van der Waals surface area contributed by atoms with E-state index < -0.39 is 42.6 Å². The average Bonchev–Trinajstić information content (AvgIpc) is 2.89. The van der Waals surface area contributed by atoms with Crippen molar-refractivity contribution < 1.29 is 54.6 Å². The lowest BCUT2D eigenvalue weighted by atomic mass is 10.1. The number of hydrogen-bond acceptors (Lipinski definition) is 6. The largest absolute Gasteiger partial charge is 0.399 e. The van der Waals surface area contributed by atoms with Crippen molar-refractivity contribution in [2.75, 3.05) is 0 Å². The zero-order valence-electron chi connectivity index (χ0n) is 19.5. The molecule has 0 spiro atoms. The minimum atomic E-state index is -5.80. The van der Waals surface area contributed by atoms with E-state index in [4.69, 9.17) is 21.4 Å². The first-order chi connectivity index (χ1) is 18.1. The Morgan fingerprint density at radius 1 is 0.821 bits per heavy atom. The third-order valence-electron chi connectivity index (χ3n) is 5.45. The summed E-state index contributed by atoms with van der Waals surface area (Å²) in [5.41, 5.74) is -4.67. The Morgan fingerprint density at radius 2 is 1.28 bits per heavy atom. The molecule has 0 atom stereocenters. The van der Waals surface area contributed by atoms with Gasteiger partial charge in [0.05, 0.1) is 11.2 Å². The molecule has 0 unspecified atom stereocenters. The van der Waals surface area contributed by atoms with Gasteiger partial charge in [0.15, 0.2) is 0 Å². The molecule has 0 fully saturated rings. The maximum absolute atomic E-state index is 14.0. The van der Waals surface area contributed by atoms with Crippen molar-refractivity contribution in [3.8, 4) is 0 Å². The van der Waals surface area contributed by atoms with E-state index in [2.05, 4.69) is 9.46 Å². The van der Waals surface area contributed by atoms with Gasteiger partial charge in [-0.2, -0.15) is 13.1 Å². The van der Waals surface area contributed by atoms with E-state index >= 15 is 0 Å². The molecule has 2 N–H and O–H groups in total. The molecule has 0 radical (unpaired) electrons. The quantitative estimate of drug-likeness (QED) is 0.172. The van der Waals surface area contributed by atoms with E-state index in [9.17, 15) is 35.4 Å². The van der Waals surface area contributed by atoms with E-state index in [0.717, 1.165) is 28.6 Å². The van der Waals surface area contributed by atoms with Crippen molar-refractivity contribution in [1.82, 2.24) is 4.31 Å². The highest BCUT2D eigenvalue weighted by Crippen LogP contribution is 2.59. The van der Waals surface area contributed by atoms with E-state index in [-0.39, 0.29) is 34.1 Å². The van der Waals surface area contributed by atoms with Gasteiger partial charge in [-0.15, -0.1) is 9.46 Å². The summed E-state index contributed by atoms with van der Waals surface area (Å²) >= 11 is 6.11. The summed E-state index contributed by atoms with van der Waals surface area (Å²) in [6.45, 7) is -0.650. The summed E-state index contributed by atoms with van der Waals surface area (Å²) in [5, 5.41) is -0.0809. The van der Waals surface area contributed by atoms with Crippen LogP contribution in [0.4, 0.5) is 17.8 Å². The number of hydrogen-bond donors (Lipinski definition) is 2. The monoisotopic (exact) mass is 631 g/mol. The fourth-order valence-corrected chi connectivity index (χ4v) is 6.61. The van der Waals surface area contributed by atoms with Crippen molar-refractivity contribution in [3.05, 3.63) is 100 Å². The van der Waals surface area contributed by atoms with Gasteiger partial charge in [0, 0.05) is 18.7 Å². The Morgan fingerprint density at radius 3 is 1.74 bits per heavy atom. The highest BCUT2D eigenvalue weighted by molar-refractivity contribution is 7.89. The molecule has 0 aliphatic carbocycles. The maximum atomic E-state index is 14.0. The average molecular weight is 632 g/mol. The smallest absolute Gasteiger partial charge is 0.320 e. The van der Waals surface area contributed by atoms with Crippen molar-refractivity contribution >= 4 is 36.8 Å². The van der Waals surface area contributed by atoms with Crippen LogP contribution in [0.2, 0.25) is 5.02 Å². The van der Waals surface area contributed by atoms with E-state index in [1.807, 2.05) is 0 Å². The van der Waals surface area contributed by atoms with Crippen molar-refractivity contribution in [2.45, 2.75) is 29.8 Å². The molecule has 0 heterocycles. The molecule has 17 heteroatoms. The Balaban J connectivity index is 1.94. The molecule has 3 aromatic rings. The Hall–Kier alpha value is -2.12. The lowest BCUT2D eigenvalue weighted by Gasteiger charge is -2.24. The highest BCUT2D eigenvalue weighted by Gasteiger charge is 2.50. The van der Waals surface area contributed by atoms with Crippen LogP contribution >= 0.6 is 26.8 Å². The Bertz CT molecular complexity index is 1500. The number of halogens is 5. The first-order valence-corrected chi connectivity index (χ1v) is 15.8. The second kappa shape index (κ2) is 12.2. The normalized spacial score (nSPS) is 13.1. The fraction of sp³-hybridized carbons (Fsp3) is 0.182. The maximum Gasteiger partial charge on any atom is 0.399 e. The van der Waals surface area contributed by atoms with Gasteiger partial charge in [-0.25, -0.2) is 8.42 Å². The van der Waals surface area contributed by atoms with Gasteiger partial charge in [0.25, 0.3) is 0 Å². The summed E-state index contributed by atoms with van der Waals surface area (Å²) in [4.78, 5) is 17.6. The van der Waals surface area contributed by atoms with Crippen LogP contribution in [-0.2, 0) is 53.5 Å². The van der Waals surface area contributed by atoms with E-state index in [1.54, 1.807) is 0 Å². The zero-order valence-corrected chi connectivity index (χ0v) is 22.9. The molecule has 3 rings (SSSR count). The van der Waals surface area contributed by atoms with Gasteiger partial charge < -0.3 is 9.79 Å². The van der Waals surface area contributed by atoms with Crippen LogP contribution < -0.4 is 0 Å². The van der Waals surface area contributed by atoms with E-state index in [1.165, 1.54) is 48.5 Å². The molecular weight excluding hydrogens is 612 g/mol. The summed E-state index contributed by atoms with van der Waals surface area (Å²) < 4.78 is 110. The molecule has 212 valence electrons. The van der Waals surface area contributed by atoms with Crippen LogP contribution in [0.25, 0.3) is 0 Å². The Kier molecular flexibility index (Phi) is 9.80. The van der Waals surface area contributed by atoms with Crippen LogP contribution in [0.1, 0.15) is 22.3 Å². The second-order valence-corrected chi connectivity index (χ2v) is 14.0. The fourth-order valence-electron chi connectivity index (χ4n) is 3.44. The van der Waals surface area contributed by atoms with E-state index in [0.29, 0.717) is 5.56 Å². The summed E-state index contributed by atoms with van der Waals surface area (Å²) in [7, 11) is -14.7. The molecule has 0 aliphatic heterocycles. The molecule has 39 heavy (non-hydrogen) atoms. The van der Waals surface area contributed by atoms with Gasteiger partial charge in [0.1, 0.15) is 4.90 Å². The first-order valence-electron chi connectivity index (χ1n) is 10.7. The second-order valence-electron chi connectivity index (χ2n) is 8.21. The molecule has 0 aliphatic rings. The number of rotatable bonds is 12.